The Hall–Kier alpha value is -1.09. The summed E-state index contributed by atoms with van der Waals surface area (Å²) in [5, 5.41) is 0. The third-order valence-electron chi connectivity index (χ3n) is 4.37. The van der Waals surface area contributed by atoms with Crippen LogP contribution < -0.4 is 10.6 Å². The number of nitrogens with zero attached hydrogens (tertiary/aromatic N) is 2. The lowest BCUT2D eigenvalue weighted by Crippen LogP contribution is -2.35. The van der Waals surface area contributed by atoms with Crippen LogP contribution in [-0.4, -0.2) is 24.1 Å². The number of aromatic nitrogens is 1. The van der Waals surface area contributed by atoms with Crippen molar-refractivity contribution in [3.05, 3.63) is 23.9 Å². The first-order chi connectivity index (χ1) is 9.24. The van der Waals surface area contributed by atoms with Gasteiger partial charge in [0, 0.05) is 25.3 Å². The van der Waals surface area contributed by atoms with E-state index in [0.717, 1.165) is 31.8 Å². The normalized spacial score (nSPS) is 18.6. The largest absolute Gasteiger partial charge is 0.356 e. The van der Waals surface area contributed by atoms with Crippen LogP contribution in [0.25, 0.3) is 0 Å². The van der Waals surface area contributed by atoms with Crippen molar-refractivity contribution in [2.45, 2.75) is 52.0 Å². The van der Waals surface area contributed by atoms with E-state index in [-0.39, 0.29) is 6.04 Å². The van der Waals surface area contributed by atoms with Crippen LogP contribution in [0.4, 0.5) is 5.82 Å². The summed E-state index contributed by atoms with van der Waals surface area (Å²) >= 11 is 0. The van der Waals surface area contributed by atoms with Gasteiger partial charge in [0.15, 0.2) is 0 Å². The maximum Gasteiger partial charge on any atom is 0.131 e. The highest BCUT2D eigenvalue weighted by molar-refractivity contribution is 5.47. The first-order valence-corrected chi connectivity index (χ1v) is 7.69. The Morgan fingerprint density at radius 1 is 1.37 bits per heavy atom. The minimum atomic E-state index is 0.246. The zero-order valence-electron chi connectivity index (χ0n) is 12.3. The molecule has 2 N–H and O–H groups in total. The van der Waals surface area contributed by atoms with Gasteiger partial charge >= 0.3 is 0 Å². The van der Waals surface area contributed by atoms with Crippen LogP contribution in [0.1, 0.15) is 45.1 Å². The van der Waals surface area contributed by atoms with Gasteiger partial charge in [-0.15, -0.1) is 0 Å². The van der Waals surface area contributed by atoms with Crippen molar-refractivity contribution in [3.63, 3.8) is 0 Å². The molecule has 0 amide bonds. The molecule has 1 atom stereocenters. The predicted octanol–water partition coefficient (Wildman–Crippen LogP) is 2.99. The third-order valence-corrected chi connectivity index (χ3v) is 4.37. The number of piperidine rings is 1. The molecule has 0 spiro atoms. The van der Waals surface area contributed by atoms with Crippen LogP contribution in [0.3, 0.4) is 0 Å². The number of rotatable bonds is 5. The van der Waals surface area contributed by atoms with Gasteiger partial charge in [-0.25, -0.2) is 4.98 Å². The van der Waals surface area contributed by atoms with Crippen LogP contribution in [0.5, 0.6) is 0 Å². The summed E-state index contributed by atoms with van der Waals surface area (Å²) < 4.78 is 0. The number of hydrogen-bond acceptors (Lipinski definition) is 3. The van der Waals surface area contributed by atoms with E-state index in [4.69, 9.17) is 5.73 Å². The highest BCUT2D eigenvalue weighted by Gasteiger charge is 2.21. The molecular weight excluding hydrogens is 234 g/mol. The van der Waals surface area contributed by atoms with Gasteiger partial charge in [-0.3, -0.25) is 0 Å². The Kier molecular flexibility index (Phi) is 5.20. The van der Waals surface area contributed by atoms with Crippen LogP contribution >= 0.6 is 0 Å². The summed E-state index contributed by atoms with van der Waals surface area (Å²) in [7, 11) is 0. The highest BCUT2D eigenvalue weighted by atomic mass is 15.2. The Morgan fingerprint density at radius 3 is 2.74 bits per heavy atom. The molecule has 1 aromatic heterocycles. The molecule has 106 valence electrons. The maximum absolute atomic E-state index is 6.10. The van der Waals surface area contributed by atoms with E-state index in [1.54, 1.807) is 0 Å². The average molecular weight is 261 g/mol. The lowest BCUT2D eigenvalue weighted by atomic mass is 9.94. The Morgan fingerprint density at radius 2 is 2.11 bits per heavy atom. The second kappa shape index (κ2) is 6.90. The quantitative estimate of drug-likeness (QED) is 0.886. The summed E-state index contributed by atoms with van der Waals surface area (Å²) in [5.41, 5.74) is 7.41. The van der Waals surface area contributed by atoms with Gasteiger partial charge in [0.25, 0.3) is 0 Å². The third kappa shape index (κ3) is 3.69. The molecule has 3 heteroatoms. The molecular formula is C16H27N3. The van der Waals surface area contributed by atoms with E-state index < -0.39 is 0 Å². The first kappa shape index (κ1) is 14.3. The van der Waals surface area contributed by atoms with E-state index in [1.165, 1.54) is 30.6 Å². The molecule has 0 aliphatic carbocycles. The lowest BCUT2D eigenvalue weighted by Gasteiger charge is -2.33. The SMILES string of the molecule is CCC(N)Cc1cccnc1N1CCC(CC)CC1. The first-order valence-electron chi connectivity index (χ1n) is 7.69. The molecule has 2 rings (SSSR count). The van der Waals surface area contributed by atoms with Gasteiger partial charge in [0.05, 0.1) is 0 Å². The van der Waals surface area contributed by atoms with Crippen LogP contribution in [-0.2, 0) is 6.42 Å². The molecule has 1 unspecified atom stereocenters. The summed E-state index contributed by atoms with van der Waals surface area (Å²) in [5.74, 6) is 2.07. The molecule has 19 heavy (non-hydrogen) atoms. The van der Waals surface area contributed by atoms with Gasteiger partial charge in [-0.2, -0.15) is 0 Å². The molecule has 1 aromatic rings. The number of anilines is 1. The van der Waals surface area contributed by atoms with Crippen molar-refractivity contribution >= 4 is 5.82 Å². The van der Waals surface area contributed by atoms with Gasteiger partial charge in [0.2, 0.25) is 0 Å². The lowest BCUT2D eigenvalue weighted by molar-refractivity contribution is 0.393. The van der Waals surface area contributed by atoms with Crippen LogP contribution in [0.15, 0.2) is 18.3 Å². The van der Waals surface area contributed by atoms with E-state index in [0.29, 0.717) is 0 Å². The van der Waals surface area contributed by atoms with Crippen molar-refractivity contribution < 1.29 is 0 Å². The average Bonchev–Trinajstić information content (AvgIpc) is 2.48. The molecule has 0 radical (unpaired) electrons. The van der Waals surface area contributed by atoms with Crippen LogP contribution in [0, 0.1) is 5.92 Å². The van der Waals surface area contributed by atoms with Crippen molar-refractivity contribution in [3.8, 4) is 0 Å². The van der Waals surface area contributed by atoms with Gasteiger partial charge in [-0.05, 0) is 43.2 Å². The standard InChI is InChI=1S/C16H27N3/c1-3-13-7-10-19(11-8-13)16-14(6-5-9-18-16)12-15(17)4-2/h5-6,9,13,15H,3-4,7-8,10-12,17H2,1-2H3. The molecule has 1 saturated heterocycles. The molecule has 2 heterocycles. The van der Waals surface area contributed by atoms with Crippen molar-refractivity contribution in [1.82, 2.24) is 4.98 Å². The zero-order chi connectivity index (χ0) is 13.7. The molecule has 1 aliphatic rings. The highest BCUT2D eigenvalue weighted by Crippen LogP contribution is 2.26. The zero-order valence-corrected chi connectivity index (χ0v) is 12.3. The van der Waals surface area contributed by atoms with Crippen molar-refractivity contribution in [2.75, 3.05) is 18.0 Å². The van der Waals surface area contributed by atoms with E-state index in [9.17, 15) is 0 Å². The number of pyridine rings is 1. The minimum Gasteiger partial charge on any atom is -0.356 e. The van der Waals surface area contributed by atoms with Crippen molar-refractivity contribution in [2.24, 2.45) is 11.7 Å². The molecule has 0 aromatic carbocycles. The van der Waals surface area contributed by atoms with Gasteiger partial charge in [-0.1, -0.05) is 26.3 Å². The van der Waals surface area contributed by atoms with Crippen LogP contribution in [0.2, 0.25) is 0 Å². The Bertz CT molecular complexity index is 383. The molecule has 0 saturated carbocycles. The monoisotopic (exact) mass is 261 g/mol. The van der Waals surface area contributed by atoms with Crippen molar-refractivity contribution in [1.29, 1.82) is 0 Å². The van der Waals surface area contributed by atoms with E-state index in [2.05, 4.69) is 29.8 Å². The maximum atomic E-state index is 6.10. The molecule has 1 aliphatic heterocycles. The van der Waals surface area contributed by atoms with Gasteiger partial charge < -0.3 is 10.6 Å². The Labute approximate surface area is 117 Å². The smallest absolute Gasteiger partial charge is 0.131 e. The fraction of sp³-hybridized carbons (Fsp3) is 0.688. The van der Waals surface area contributed by atoms with Gasteiger partial charge in [0.1, 0.15) is 5.82 Å². The summed E-state index contributed by atoms with van der Waals surface area (Å²) in [6.45, 7) is 6.73. The molecule has 1 fully saturated rings. The second-order valence-electron chi connectivity index (χ2n) is 5.70. The Balaban J connectivity index is 2.07. The van der Waals surface area contributed by atoms with E-state index in [1.807, 2.05) is 12.3 Å². The summed E-state index contributed by atoms with van der Waals surface area (Å²) in [6.07, 6.45) is 7.77. The summed E-state index contributed by atoms with van der Waals surface area (Å²) in [6, 6.07) is 4.46. The van der Waals surface area contributed by atoms with E-state index >= 15 is 0 Å². The fourth-order valence-electron chi connectivity index (χ4n) is 2.85. The molecule has 3 nitrogen and oxygen atoms in total. The number of hydrogen-bond donors (Lipinski definition) is 1. The predicted molar refractivity (Wildman–Crippen MR) is 81.4 cm³/mol. The fourth-order valence-corrected chi connectivity index (χ4v) is 2.85. The topological polar surface area (TPSA) is 42.1 Å². The summed E-state index contributed by atoms with van der Waals surface area (Å²) in [4.78, 5) is 7.06. The number of nitrogens with two attached hydrogens (primary N) is 1. The second-order valence-corrected chi connectivity index (χ2v) is 5.70. The minimum absolute atomic E-state index is 0.246. The molecule has 0 bridgehead atoms.